The number of rotatable bonds is 5. The summed E-state index contributed by atoms with van der Waals surface area (Å²) in [5, 5.41) is 0. The van der Waals surface area contributed by atoms with Crippen molar-refractivity contribution in [3.8, 4) is 0 Å². The van der Waals surface area contributed by atoms with Crippen LogP contribution in [0.25, 0.3) is 0 Å². The van der Waals surface area contributed by atoms with Crippen LogP contribution < -0.4 is 5.73 Å². The Morgan fingerprint density at radius 3 is 2.12 bits per heavy atom. The normalized spacial score (nSPS) is 24.6. The summed E-state index contributed by atoms with van der Waals surface area (Å²) in [6, 6.07) is -0.135. The average molecular weight is 242 g/mol. The number of carbonyl (C=O) groups excluding carboxylic acids is 1. The van der Waals surface area contributed by atoms with Crippen LogP contribution in [0.15, 0.2) is 0 Å². The first-order valence-corrected chi connectivity index (χ1v) is 6.54. The minimum atomic E-state index is -0.146. The first kappa shape index (κ1) is 14.5. The quantitative estimate of drug-likeness (QED) is 0.785. The average Bonchev–Trinajstić information content (AvgIpc) is 2.61. The fourth-order valence-electron chi connectivity index (χ4n) is 2.20. The van der Waals surface area contributed by atoms with E-state index >= 15 is 0 Å². The molecule has 0 radical (unpaired) electrons. The molecular weight excluding hydrogens is 216 g/mol. The second-order valence-electron chi connectivity index (χ2n) is 5.84. The van der Waals surface area contributed by atoms with E-state index in [9.17, 15) is 4.79 Å². The lowest BCUT2D eigenvalue weighted by atomic mass is 10.0. The van der Waals surface area contributed by atoms with E-state index < -0.39 is 0 Å². The number of hydrogen-bond acceptors (Lipinski definition) is 3. The van der Waals surface area contributed by atoms with Gasteiger partial charge in [-0.1, -0.05) is 27.7 Å². The largest absolute Gasteiger partial charge is 0.379 e. The molecule has 1 rings (SSSR count). The van der Waals surface area contributed by atoms with E-state index in [2.05, 4.69) is 27.7 Å². The summed E-state index contributed by atoms with van der Waals surface area (Å²) < 4.78 is 5.28. The number of carbonyl (C=O) groups is 1. The maximum atomic E-state index is 12.4. The van der Waals surface area contributed by atoms with E-state index in [-0.39, 0.29) is 17.9 Å². The van der Waals surface area contributed by atoms with Crippen LogP contribution in [0.1, 0.15) is 27.7 Å². The number of nitrogens with zero attached hydrogens (tertiary/aromatic N) is 1. The smallest absolute Gasteiger partial charge is 0.229 e. The van der Waals surface area contributed by atoms with E-state index in [4.69, 9.17) is 10.5 Å². The van der Waals surface area contributed by atoms with Crippen LogP contribution in [-0.4, -0.2) is 43.2 Å². The molecule has 1 fully saturated rings. The van der Waals surface area contributed by atoms with Gasteiger partial charge in [0.1, 0.15) is 0 Å². The summed E-state index contributed by atoms with van der Waals surface area (Å²) in [6.07, 6.45) is 0. The lowest BCUT2D eigenvalue weighted by Crippen LogP contribution is -2.46. The Morgan fingerprint density at radius 2 is 1.76 bits per heavy atom. The van der Waals surface area contributed by atoms with Gasteiger partial charge in [0.15, 0.2) is 0 Å². The van der Waals surface area contributed by atoms with Gasteiger partial charge in [-0.25, -0.2) is 0 Å². The van der Waals surface area contributed by atoms with Crippen molar-refractivity contribution in [1.29, 1.82) is 0 Å². The summed E-state index contributed by atoms with van der Waals surface area (Å²) in [6.45, 7) is 11.1. The van der Waals surface area contributed by atoms with Crippen molar-refractivity contribution in [3.63, 3.8) is 0 Å². The van der Waals surface area contributed by atoms with E-state index in [0.29, 0.717) is 25.0 Å². The van der Waals surface area contributed by atoms with Crippen LogP contribution >= 0.6 is 0 Å². The molecule has 1 saturated heterocycles. The molecule has 100 valence electrons. The van der Waals surface area contributed by atoms with Crippen LogP contribution in [0.2, 0.25) is 0 Å². The standard InChI is InChI=1S/C13H26N2O2/c1-9(2)5-15(6-10(3)4)13(16)11-7-17-8-12(11)14/h9-12H,5-8,14H2,1-4H3. The lowest BCUT2D eigenvalue weighted by molar-refractivity contribution is -0.136. The topological polar surface area (TPSA) is 55.6 Å². The molecule has 1 aliphatic rings. The Bertz CT molecular complexity index is 244. The highest BCUT2D eigenvalue weighted by atomic mass is 16.5. The van der Waals surface area contributed by atoms with Gasteiger partial charge >= 0.3 is 0 Å². The van der Waals surface area contributed by atoms with Crippen molar-refractivity contribution < 1.29 is 9.53 Å². The molecule has 0 spiro atoms. The Kier molecular flexibility index (Phi) is 5.40. The summed E-state index contributed by atoms with van der Waals surface area (Å²) in [7, 11) is 0. The zero-order valence-corrected chi connectivity index (χ0v) is 11.5. The molecule has 2 unspecified atom stereocenters. The predicted octanol–water partition coefficient (Wildman–Crippen LogP) is 1.10. The van der Waals surface area contributed by atoms with Crippen molar-refractivity contribution in [1.82, 2.24) is 4.90 Å². The highest BCUT2D eigenvalue weighted by Crippen LogP contribution is 2.17. The molecule has 2 atom stereocenters. The Labute approximate surface area is 104 Å². The van der Waals surface area contributed by atoms with Crippen molar-refractivity contribution in [2.75, 3.05) is 26.3 Å². The van der Waals surface area contributed by atoms with E-state index in [1.807, 2.05) is 4.90 Å². The molecule has 4 nitrogen and oxygen atoms in total. The number of amides is 1. The second kappa shape index (κ2) is 6.36. The molecule has 17 heavy (non-hydrogen) atoms. The van der Waals surface area contributed by atoms with Crippen molar-refractivity contribution in [2.24, 2.45) is 23.5 Å². The molecule has 2 N–H and O–H groups in total. The molecular formula is C13H26N2O2. The number of ether oxygens (including phenoxy) is 1. The van der Waals surface area contributed by atoms with E-state index in [1.54, 1.807) is 0 Å². The van der Waals surface area contributed by atoms with Gasteiger partial charge in [0.2, 0.25) is 5.91 Å². The molecule has 1 heterocycles. The van der Waals surface area contributed by atoms with Crippen molar-refractivity contribution in [3.05, 3.63) is 0 Å². The summed E-state index contributed by atoms with van der Waals surface area (Å²) >= 11 is 0. The van der Waals surface area contributed by atoms with Crippen LogP contribution in [0.5, 0.6) is 0 Å². The van der Waals surface area contributed by atoms with Crippen LogP contribution in [0.4, 0.5) is 0 Å². The van der Waals surface area contributed by atoms with Crippen LogP contribution in [-0.2, 0) is 9.53 Å². The monoisotopic (exact) mass is 242 g/mol. The van der Waals surface area contributed by atoms with Gasteiger partial charge in [-0.2, -0.15) is 0 Å². The SMILES string of the molecule is CC(C)CN(CC(C)C)C(=O)C1COCC1N. The summed E-state index contributed by atoms with van der Waals surface area (Å²) in [4.78, 5) is 14.3. The van der Waals surface area contributed by atoms with Crippen LogP contribution in [0, 0.1) is 17.8 Å². The lowest BCUT2D eigenvalue weighted by Gasteiger charge is -2.29. The molecule has 1 aliphatic heterocycles. The van der Waals surface area contributed by atoms with E-state index in [0.717, 1.165) is 13.1 Å². The maximum absolute atomic E-state index is 12.4. The third-order valence-corrected chi connectivity index (χ3v) is 2.92. The van der Waals surface area contributed by atoms with Gasteiger partial charge in [0.05, 0.1) is 19.1 Å². The van der Waals surface area contributed by atoms with E-state index in [1.165, 1.54) is 0 Å². The fraction of sp³-hybridized carbons (Fsp3) is 0.923. The minimum Gasteiger partial charge on any atom is -0.379 e. The molecule has 1 amide bonds. The number of hydrogen-bond donors (Lipinski definition) is 1. The molecule has 0 aromatic rings. The zero-order valence-electron chi connectivity index (χ0n) is 11.5. The third-order valence-electron chi connectivity index (χ3n) is 2.92. The molecule has 0 bridgehead atoms. The molecule has 0 aromatic heterocycles. The minimum absolute atomic E-state index is 0.135. The predicted molar refractivity (Wildman–Crippen MR) is 68.5 cm³/mol. The molecule has 0 saturated carbocycles. The Morgan fingerprint density at radius 1 is 1.24 bits per heavy atom. The summed E-state index contributed by atoms with van der Waals surface area (Å²) in [5.74, 6) is 0.984. The van der Waals surface area contributed by atoms with Gasteiger partial charge < -0.3 is 15.4 Å². The van der Waals surface area contributed by atoms with Gasteiger partial charge in [-0.3, -0.25) is 4.79 Å². The van der Waals surface area contributed by atoms with Crippen LogP contribution in [0.3, 0.4) is 0 Å². The fourth-order valence-corrected chi connectivity index (χ4v) is 2.20. The summed E-state index contributed by atoms with van der Waals surface area (Å²) in [5.41, 5.74) is 5.91. The Hall–Kier alpha value is -0.610. The highest BCUT2D eigenvalue weighted by molar-refractivity contribution is 5.80. The third kappa shape index (κ3) is 4.28. The molecule has 4 heteroatoms. The first-order chi connectivity index (χ1) is 7.91. The van der Waals surface area contributed by atoms with Gasteiger partial charge in [-0.05, 0) is 11.8 Å². The van der Waals surface area contributed by atoms with Gasteiger partial charge in [0.25, 0.3) is 0 Å². The number of nitrogens with two attached hydrogens (primary N) is 1. The second-order valence-corrected chi connectivity index (χ2v) is 5.84. The van der Waals surface area contributed by atoms with Gasteiger partial charge in [0, 0.05) is 19.1 Å². The highest BCUT2D eigenvalue weighted by Gasteiger charge is 2.34. The Balaban J connectivity index is 2.64. The maximum Gasteiger partial charge on any atom is 0.229 e. The molecule has 0 aliphatic carbocycles. The van der Waals surface area contributed by atoms with Gasteiger partial charge in [-0.15, -0.1) is 0 Å². The van der Waals surface area contributed by atoms with Crippen molar-refractivity contribution in [2.45, 2.75) is 33.7 Å². The zero-order chi connectivity index (χ0) is 13.0. The van der Waals surface area contributed by atoms with Crippen molar-refractivity contribution >= 4 is 5.91 Å². The molecule has 0 aromatic carbocycles. The first-order valence-electron chi connectivity index (χ1n) is 6.54.